The number of nitrogens with two attached hydrogens (primary N) is 1. The lowest BCUT2D eigenvalue weighted by Gasteiger charge is -2.60. The van der Waals surface area contributed by atoms with Gasteiger partial charge in [0, 0.05) is 77.5 Å². The van der Waals surface area contributed by atoms with E-state index in [4.69, 9.17) is 15.3 Å². The number of rotatable bonds is 5. The van der Waals surface area contributed by atoms with E-state index in [0.717, 1.165) is 46.5 Å². The first-order chi connectivity index (χ1) is 26.2. The highest BCUT2D eigenvalue weighted by molar-refractivity contribution is 5.95. The fourth-order valence-corrected chi connectivity index (χ4v) is 12.6. The highest BCUT2D eigenvalue weighted by Crippen LogP contribution is 2.66. The normalized spacial score (nSPS) is 36.0. The molecule has 1 amide bonds. The van der Waals surface area contributed by atoms with Gasteiger partial charge in [0.15, 0.2) is 5.60 Å². The van der Waals surface area contributed by atoms with Crippen LogP contribution in [0.1, 0.15) is 75.3 Å². The van der Waals surface area contributed by atoms with E-state index in [1.54, 1.807) is 7.11 Å². The SMILES string of the molecule is CC[C@]1(O)C[C@H](C)C[C@](C(=O)OC)(c2cc3c(cc2OC)N(C)[C@@H]2[C@]34CCN3CC=C[C@@](C)(C[C@]2(O)C(=O)NN)[C@H]34)c2[nH]c3ccccc3c2CCN(C)C1. The Balaban J connectivity index is 1.45. The number of aromatic nitrogens is 1. The second kappa shape index (κ2) is 13.1. The number of carbonyl (C=O) groups excluding carboxylic acids is 2. The number of β-amino-alcohol motifs (C(OH)–C–C–N with tert-alkyl or cyclic N) is 1. The van der Waals surface area contributed by atoms with Gasteiger partial charge in [-0.15, -0.1) is 0 Å². The summed E-state index contributed by atoms with van der Waals surface area (Å²) in [6, 6.07) is 11.6. The van der Waals surface area contributed by atoms with Crippen molar-refractivity contribution in [1.29, 1.82) is 0 Å². The van der Waals surface area contributed by atoms with Crippen LogP contribution >= 0.6 is 0 Å². The zero-order valence-corrected chi connectivity index (χ0v) is 33.4. The molecule has 5 aliphatic rings. The zero-order valence-electron chi connectivity index (χ0n) is 33.4. The van der Waals surface area contributed by atoms with E-state index < -0.39 is 45.4 Å². The molecule has 8 atom stereocenters. The molecule has 3 aromatic rings. The lowest BCUT2D eigenvalue weighted by molar-refractivity contribution is -0.158. The first kappa shape index (κ1) is 38.0. The fraction of sp³-hybridized carbons (Fsp3) is 0.581. The van der Waals surface area contributed by atoms with Gasteiger partial charge in [-0.3, -0.25) is 19.9 Å². The van der Waals surface area contributed by atoms with Gasteiger partial charge < -0.3 is 34.5 Å². The van der Waals surface area contributed by atoms with Gasteiger partial charge in [-0.25, -0.2) is 5.84 Å². The van der Waals surface area contributed by atoms with Gasteiger partial charge in [-0.2, -0.15) is 0 Å². The van der Waals surface area contributed by atoms with Crippen molar-refractivity contribution in [3.63, 3.8) is 0 Å². The summed E-state index contributed by atoms with van der Waals surface area (Å²) in [5.41, 5.74) is 2.08. The number of fused-ring (bicyclic) bond motifs is 4. The van der Waals surface area contributed by atoms with E-state index >= 15 is 4.79 Å². The molecule has 4 aliphatic heterocycles. The molecule has 0 radical (unpaired) electrons. The number of carbonyl (C=O) groups is 2. The van der Waals surface area contributed by atoms with Crippen LogP contribution in [0.3, 0.4) is 0 Å². The van der Waals surface area contributed by atoms with E-state index in [1.807, 2.05) is 38.2 Å². The molecule has 12 heteroatoms. The minimum atomic E-state index is -1.83. The molecule has 1 saturated heterocycles. The average Bonchev–Trinajstić information content (AvgIpc) is 3.81. The smallest absolute Gasteiger partial charge is 0.322 e. The number of nitrogens with one attached hydrogen (secondary N) is 2. The summed E-state index contributed by atoms with van der Waals surface area (Å²) in [4.78, 5) is 39.6. The number of nitrogens with zero attached hydrogens (tertiary/aromatic N) is 3. The van der Waals surface area contributed by atoms with Crippen LogP contribution in [0.4, 0.5) is 5.69 Å². The van der Waals surface area contributed by atoms with Crippen LogP contribution in [0.5, 0.6) is 5.75 Å². The third-order valence-electron chi connectivity index (χ3n) is 14.4. The molecule has 1 aromatic heterocycles. The molecule has 0 unspecified atom stereocenters. The number of aliphatic hydroxyl groups is 2. The van der Waals surface area contributed by atoms with Crippen LogP contribution in [-0.2, 0) is 31.6 Å². The number of hydrogen-bond donors (Lipinski definition) is 5. The number of hydrazine groups is 1. The van der Waals surface area contributed by atoms with Crippen molar-refractivity contribution in [3.8, 4) is 5.75 Å². The Kier molecular flexibility index (Phi) is 9.01. The zero-order chi connectivity index (χ0) is 39.3. The number of ether oxygens (including phenoxy) is 2. The van der Waals surface area contributed by atoms with E-state index in [9.17, 15) is 15.0 Å². The van der Waals surface area contributed by atoms with Crippen molar-refractivity contribution in [1.82, 2.24) is 20.2 Å². The number of likely N-dealkylation sites (N-methyl/N-ethyl adjacent to an activating group) is 2. The van der Waals surface area contributed by atoms with E-state index in [2.05, 4.69) is 70.3 Å². The first-order valence-electron chi connectivity index (χ1n) is 19.9. The second-order valence-electron chi connectivity index (χ2n) is 17.8. The van der Waals surface area contributed by atoms with Crippen LogP contribution < -0.4 is 20.9 Å². The summed E-state index contributed by atoms with van der Waals surface area (Å²) < 4.78 is 12.2. The summed E-state index contributed by atoms with van der Waals surface area (Å²) in [6.07, 6.45) is 7.24. The Hall–Kier alpha value is -3.94. The summed E-state index contributed by atoms with van der Waals surface area (Å²) in [6.45, 7) is 9.02. The summed E-state index contributed by atoms with van der Waals surface area (Å²) in [5, 5.41) is 25.8. The average molecular weight is 755 g/mol. The molecule has 5 heterocycles. The summed E-state index contributed by atoms with van der Waals surface area (Å²) in [7, 11) is 7.07. The van der Waals surface area contributed by atoms with E-state index in [1.165, 1.54) is 7.11 Å². The molecule has 6 N–H and O–H groups in total. The molecule has 2 fully saturated rings. The van der Waals surface area contributed by atoms with Crippen molar-refractivity contribution >= 4 is 28.5 Å². The monoisotopic (exact) mass is 754 g/mol. The third-order valence-corrected chi connectivity index (χ3v) is 14.4. The lowest BCUT2D eigenvalue weighted by Crippen LogP contribution is -2.75. The van der Waals surface area contributed by atoms with Crippen LogP contribution in [0.15, 0.2) is 48.6 Å². The maximum absolute atomic E-state index is 15.2. The Morgan fingerprint density at radius 2 is 1.84 bits per heavy atom. The summed E-state index contributed by atoms with van der Waals surface area (Å²) >= 11 is 0. The van der Waals surface area contributed by atoms with Gasteiger partial charge in [0.1, 0.15) is 11.2 Å². The largest absolute Gasteiger partial charge is 0.496 e. The van der Waals surface area contributed by atoms with E-state index in [0.29, 0.717) is 56.5 Å². The van der Waals surface area contributed by atoms with Gasteiger partial charge >= 0.3 is 5.97 Å². The van der Waals surface area contributed by atoms with Crippen molar-refractivity contribution < 1.29 is 29.3 Å². The molecule has 1 saturated carbocycles. The molecular weight excluding hydrogens is 697 g/mol. The van der Waals surface area contributed by atoms with Crippen LogP contribution in [-0.4, -0.2) is 115 Å². The predicted octanol–water partition coefficient (Wildman–Crippen LogP) is 3.51. The fourth-order valence-electron chi connectivity index (χ4n) is 12.6. The molecule has 296 valence electrons. The number of hydrogen-bond acceptors (Lipinski definition) is 10. The molecular formula is C43H58N6O6. The summed E-state index contributed by atoms with van der Waals surface area (Å²) in [5.74, 6) is 5.19. The number of para-hydroxylation sites is 1. The molecule has 55 heavy (non-hydrogen) atoms. The van der Waals surface area contributed by atoms with Crippen molar-refractivity contribution in [2.75, 3.05) is 59.4 Å². The van der Waals surface area contributed by atoms with E-state index in [-0.39, 0.29) is 18.4 Å². The molecule has 2 aromatic carbocycles. The minimum absolute atomic E-state index is 0.0370. The first-order valence-corrected chi connectivity index (χ1v) is 19.9. The molecule has 0 bridgehead atoms. The van der Waals surface area contributed by atoms with Crippen LogP contribution in [0, 0.1) is 11.3 Å². The van der Waals surface area contributed by atoms with Gasteiger partial charge in [0.2, 0.25) is 0 Å². The molecule has 8 rings (SSSR count). The Labute approximate surface area is 324 Å². The molecule has 12 nitrogen and oxygen atoms in total. The Morgan fingerprint density at radius 1 is 1.07 bits per heavy atom. The van der Waals surface area contributed by atoms with Crippen molar-refractivity contribution in [3.05, 3.63) is 70.9 Å². The van der Waals surface area contributed by atoms with Crippen LogP contribution in [0.25, 0.3) is 10.9 Å². The maximum Gasteiger partial charge on any atom is 0.322 e. The number of anilines is 1. The Morgan fingerprint density at radius 3 is 2.55 bits per heavy atom. The number of H-pyrrole nitrogens is 1. The molecule has 1 spiro atoms. The second-order valence-corrected chi connectivity index (χ2v) is 17.8. The number of benzene rings is 2. The van der Waals surface area contributed by atoms with Gasteiger partial charge in [-0.1, -0.05) is 51.1 Å². The van der Waals surface area contributed by atoms with Crippen LogP contribution in [0.2, 0.25) is 0 Å². The van der Waals surface area contributed by atoms with Gasteiger partial charge in [0.05, 0.1) is 25.9 Å². The highest BCUT2D eigenvalue weighted by atomic mass is 16.5. The number of methoxy groups -OCH3 is 2. The standard InChI is InChI=1S/C43H58N6O6/c1-8-40(52)22-26(2)23-42(38(51)55-7,34-28(14-18-47(4)25-40)27-12-9-10-13-31(27)45-34)30-20-29-32(21-33(30)54-6)48(5)36-41(29)16-19-49-17-11-15-39(3,35(41)49)24-43(36,53)37(50)46-44/h9-13,15,20-21,26,35-36,45,52-53H,8,14,16-19,22-25,44H2,1-7H3,(H,46,50)/t26-,35-,36+,39-,40-,41+,42-,43+/m0/s1. The van der Waals surface area contributed by atoms with Crippen molar-refractivity contribution in [2.45, 2.75) is 93.4 Å². The third kappa shape index (κ3) is 5.20. The van der Waals surface area contributed by atoms with Gasteiger partial charge in [0.25, 0.3) is 5.91 Å². The number of aromatic amines is 1. The topological polar surface area (TPSA) is 157 Å². The lowest BCUT2D eigenvalue weighted by atomic mass is 9.50. The minimum Gasteiger partial charge on any atom is -0.496 e. The van der Waals surface area contributed by atoms with Gasteiger partial charge in [-0.05, 0) is 81.3 Å². The predicted molar refractivity (Wildman–Crippen MR) is 212 cm³/mol. The quantitative estimate of drug-likeness (QED) is 0.0860. The maximum atomic E-state index is 15.2. The number of amides is 1. The highest BCUT2D eigenvalue weighted by Gasteiger charge is 2.74. The molecule has 1 aliphatic carbocycles. The Bertz CT molecular complexity index is 2070. The number of esters is 1. The van der Waals surface area contributed by atoms with Crippen molar-refractivity contribution in [2.24, 2.45) is 17.2 Å².